The van der Waals surface area contributed by atoms with E-state index in [0.29, 0.717) is 11.6 Å². The number of hydrogen-bond acceptors (Lipinski definition) is 4. The van der Waals surface area contributed by atoms with Crippen molar-refractivity contribution in [2.75, 3.05) is 5.32 Å². The Bertz CT molecular complexity index is 766. The first-order valence-electron chi connectivity index (χ1n) is 6.95. The Hall–Kier alpha value is -2.53. The highest BCUT2D eigenvalue weighted by molar-refractivity contribution is 7.18. The monoisotopic (exact) mass is 309 g/mol. The van der Waals surface area contributed by atoms with Crippen LogP contribution in [0.5, 0.6) is 0 Å². The van der Waals surface area contributed by atoms with Crippen molar-refractivity contribution < 1.29 is 4.79 Å². The van der Waals surface area contributed by atoms with Crippen LogP contribution in [0.2, 0.25) is 0 Å². The van der Waals surface area contributed by atoms with Gasteiger partial charge in [0.1, 0.15) is 5.01 Å². The lowest BCUT2D eigenvalue weighted by Gasteiger charge is -2.00. The average molecular weight is 309 g/mol. The van der Waals surface area contributed by atoms with Gasteiger partial charge in [0.05, 0.1) is 6.42 Å². The van der Waals surface area contributed by atoms with Crippen molar-refractivity contribution in [1.82, 2.24) is 10.2 Å². The van der Waals surface area contributed by atoms with Crippen molar-refractivity contribution in [2.24, 2.45) is 0 Å². The lowest BCUT2D eigenvalue weighted by molar-refractivity contribution is -0.115. The van der Waals surface area contributed by atoms with Gasteiger partial charge < -0.3 is 5.32 Å². The molecular weight excluding hydrogens is 294 g/mol. The predicted molar refractivity (Wildman–Crippen MR) is 88.9 cm³/mol. The summed E-state index contributed by atoms with van der Waals surface area (Å²) in [5.74, 6) is -0.0854. The summed E-state index contributed by atoms with van der Waals surface area (Å²) in [7, 11) is 0. The molecule has 0 unspecified atom stereocenters. The van der Waals surface area contributed by atoms with E-state index in [0.717, 1.165) is 16.1 Å². The first-order valence-corrected chi connectivity index (χ1v) is 7.77. The van der Waals surface area contributed by atoms with Gasteiger partial charge in [0.25, 0.3) is 0 Å². The Morgan fingerprint density at radius 1 is 1.05 bits per heavy atom. The molecule has 3 rings (SSSR count). The number of amides is 1. The van der Waals surface area contributed by atoms with Gasteiger partial charge in [-0.1, -0.05) is 71.5 Å². The fourth-order valence-corrected chi connectivity index (χ4v) is 2.80. The molecule has 3 aromatic rings. The van der Waals surface area contributed by atoms with Gasteiger partial charge in [-0.15, -0.1) is 10.2 Å². The van der Waals surface area contributed by atoms with E-state index in [9.17, 15) is 4.79 Å². The number of aromatic nitrogens is 2. The number of aryl methyl sites for hydroxylation is 1. The van der Waals surface area contributed by atoms with Gasteiger partial charge in [0.15, 0.2) is 0 Å². The maximum atomic E-state index is 12.0. The molecule has 1 N–H and O–H groups in total. The Morgan fingerprint density at radius 2 is 1.77 bits per heavy atom. The number of rotatable bonds is 4. The third kappa shape index (κ3) is 3.56. The molecule has 0 radical (unpaired) electrons. The summed E-state index contributed by atoms with van der Waals surface area (Å²) in [5.41, 5.74) is 3.18. The highest BCUT2D eigenvalue weighted by atomic mass is 32.1. The Balaban J connectivity index is 1.66. The van der Waals surface area contributed by atoms with Crippen molar-refractivity contribution in [1.29, 1.82) is 0 Å². The van der Waals surface area contributed by atoms with Crippen LogP contribution in [0, 0.1) is 6.92 Å². The molecule has 0 aliphatic rings. The minimum absolute atomic E-state index is 0.0854. The second-order valence-electron chi connectivity index (χ2n) is 4.99. The Kier molecular flexibility index (Phi) is 4.25. The zero-order chi connectivity index (χ0) is 15.4. The van der Waals surface area contributed by atoms with Gasteiger partial charge in [-0.2, -0.15) is 0 Å². The van der Waals surface area contributed by atoms with E-state index < -0.39 is 0 Å². The summed E-state index contributed by atoms with van der Waals surface area (Å²) in [5, 5.41) is 12.3. The average Bonchev–Trinajstić information content (AvgIpc) is 2.97. The maximum absolute atomic E-state index is 12.0. The molecule has 0 saturated heterocycles. The van der Waals surface area contributed by atoms with Gasteiger partial charge in [-0.25, -0.2) is 0 Å². The summed E-state index contributed by atoms with van der Waals surface area (Å²) >= 11 is 1.38. The van der Waals surface area contributed by atoms with Crippen molar-refractivity contribution in [3.05, 3.63) is 65.7 Å². The molecule has 0 aliphatic carbocycles. The van der Waals surface area contributed by atoms with Crippen LogP contribution >= 0.6 is 11.3 Å². The number of benzene rings is 2. The molecule has 0 saturated carbocycles. The van der Waals surface area contributed by atoms with Gasteiger partial charge in [-0.3, -0.25) is 4.79 Å². The zero-order valence-electron chi connectivity index (χ0n) is 12.1. The second kappa shape index (κ2) is 6.49. The molecule has 1 amide bonds. The van der Waals surface area contributed by atoms with Crippen LogP contribution in [0.1, 0.15) is 11.1 Å². The summed E-state index contributed by atoms with van der Waals surface area (Å²) < 4.78 is 0. The summed E-state index contributed by atoms with van der Waals surface area (Å²) in [6.45, 7) is 2.04. The lowest BCUT2D eigenvalue weighted by Crippen LogP contribution is -2.14. The molecule has 110 valence electrons. The lowest BCUT2D eigenvalue weighted by atomic mass is 10.1. The van der Waals surface area contributed by atoms with Gasteiger partial charge >= 0.3 is 0 Å². The fourth-order valence-electron chi connectivity index (χ4n) is 2.03. The molecule has 5 heteroatoms. The predicted octanol–water partition coefficient (Wildman–Crippen LogP) is 3.69. The maximum Gasteiger partial charge on any atom is 0.230 e. The van der Waals surface area contributed by atoms with E-state index in [4.69, 9.17) is 0 Å². The standard InChI is InChI=1S/C17H15N3OS/c1-12-7-9-14(10-8-12)16-19-20-17(22-16)18-15(21)11-13-5-3-2-4-6-13/h2-10H,11H2,1H3,(H,18,20,21). The van der Waals surface area contributed by atoms with Gasteiger partial charge in [-0.05, 0) is 12.5 Å². The van der Waals surface area contributed by atoms with Crippen molar-refractivity contribution in [3.8, 4) is 10.6 Å². The molecule has 2 aromatic carbocycles. The van der Waals surface area contributed by atoms with E-state index in [1.807, 2.05) is 61.5 Å². The molecular formula is C17H15N3OS. The van der Waals surface area contributed by atoms with E-state index in [1.165, 1.54) is 16.9 Å². The summed E-state index contributed by atoms with van der Waals surface area (Å²) in [4.78, 5) is 12.0. The molecule has 1 heterocycles. The summed E-state index contributed by atoms with van der Waals surface area (Å²) in [6.07, 6.45) is 0.334. The highest BCUT2D eigenvalue weighted by Gasteiger charge is 2.10. The van der Waals surface area contributed by atoms with Crippen LogP contribution in [0.3, 0.4) is 0 Å². The Labute approximate surface area is 132 Å². The van der Waals surface area contributed by atoms with Crippen LogP contribution in [0.4, 0.5) is 5.13 Å². The van der Waals surface area contributed by atoms with E-state index in [2.05, 4.69) is 15.5 Å². The molecule has 0 aliphatic heterocycles. The molecule has 0 fully saturated rings. The van der Waals surface area contributed by atoms with Crippen LogP contribution in [0.25, 0.3) is 10.6 Å². The fraction of sp³-hybridized carbons (Fsp3) is 0.118. The molecule has 0 bridgehead atoms. The van der Waals surface area contributed by atoms with Crippen molar-refractivity contribution >= 4 is 22.4 Å². The van der Waals surface area contributed by atoms with Crippen LogP contribution in [-0.2, 0) is 11.2 Å². The number of carbonyl (C=O) groups is 1. The van der Waals surface area contributed by atoms with E-state index in [1.54, 1.807) is 0 Å². The van der Waals surface area contributed by atoms with Crippen LogP contribution in [0.15, 0.2) is 54.6 Å². The van der Waals surface area contributed by atoms with Crippen molar-refractivity contribution in [3.63, 3.8) is 0 Å². The third-order valence-corrected chi connectivity index (χ3v) is 4.07. The quantitative estimate of drug-likeness (QED) is 0.799. The van der Waals surface area contributed by atoms with Crippen LogP contribution < -0.4 is 5.32 Å². The van der Waals surface area contributed by atoms with Gasteiger partial charge in [0.2, 0.25) is 11.0 Å². The topological polar surface area (TPSA) is 54.9 Å². The third-order valence-electron chi connectivity index (χ3n) is 3.18. The smallest absolute Gasteiger partial charge is 0.230 e. The Morgan fingerprint density at radius 3 is 2.50 bits per heavy atom. The highest BCUT2D eigenvalue weighted by Crippen LogP contribution is 2.26. The number of nitrogens with zero attached hydrogens (tertiary/aromatic N) is 2. The minimum Gasteiger partial charge on any atom is -0.300 e. The molecule has 0 spiro atoms. The first kappa shape index (κ1) is 14.4. The normalized spacial score (nSPS) is 10.4. The first-order chi connectivity index (χ1) is 10.7. The van der Waals surface area contributed by atoms with Crippen LogP contribution in [-0.4, -0.2) is 16.1 Å². The van der Waals surface area contributed by atoms with Crippen molar-refractivity contribution in [2.45, 2.75) is 13.3 Å². The molecule has 0 atom stereocenters. The number of nitrogens with one attached hydrogen (secondary N) is 1. The van der Waals surface area contributed by atoms with Gasteiger partial charge in [0, 0.05) is 5.56 Å². The minimum atomic E-state index is -0.0854. The number of hydrogen-bond donors (Lipinski definition) is 1. The van der Waals surface area contributed by atoms with E-state index >= 15 is 0 Å². The second-order valence-corrected chi connectivity index (χ2v) is 5.97. The van der Waals surface area contributed by atoms with E-state index in [-0.39, 0.29) is 5.91 Å². The summed E-state index contributed by atoms with van der Waals surface area (Å²) in [6, 6.07) is 17.7. The number of carbonyl (C=O) groups excluding carboxylic acids is 1. The SMILES string of the molecule is Cc1ccc(-c2nnc(NC(=O)Cc3ccccc3)s2)cc1. The largest absolute Gasteiger partial charge is 0.300 e. The molecule has 4 nitrogen and oxygen atoms in total. The molecule has 22 heavy (non-hydrogen) atoms. The molecule has 1 aromatic heterocycles. The number of anilines is 1. The zero-order valence-corrected chi connectivity index (χ0v) is 12.9.